The van der Waals surface area contributed by atoms with Crippen LogP contribution in [0.3, 0.4) is 0 Å². The molecule has 28 heavy (non-hydrogen) atoms. The molecule has 0 fully saturated rings. The fourth-order valence-electron chi connectivity index (χ4n) is 3.67. The van der Waals surface area contributed by atoms with Crippen LogP contribution in [-0.4, -0.2) is 15.0 Å². The van der Waals surface area contributed by atoms with E-state index in [4.69, 9.17) is 15.0 Å². The predicted molar refractivity (Wildman–Crippen MR) is 122 cm³/mol. The molecule has 0 unspecified atom stereocenters. The molecule has 0 amide bonds. The molecular weight excluding hydrogens is 342 g/mol. The molecule has 0 aliphatic heterocycles. The number of aromatic nitrogens is 3. The summed E-state index contributed by atoms with van der Waals surface area (Å²) in [5, 5.41) is 0. The van der Waals surface area contributed by atoms with Crippen LogP contribution in [0.25, 0.3) is 0 Å². The van der Waals surface area contributed by atoms with Crippen LogP contribution in [0.4, 0.5) is 0 Å². The van der Waals surface area contributed by atoms with E-state index in [0.717, 1.165) is 36.7 Å². The van der Waals surface area contributed by atoms with Gasteiger partial charge in [-0.2, -0.15) is 0 Å². The summed E-state index contributed by atoms with van der Waals surface area (Å²) in [4.78, 5) is 14.4. The first-order chi connectivity index (χ1) is 13.8. The predicted octanol–water partition coefficient (Wildman–Crippen LogP) is 7.80. The average molecular weight is 390 g/mol. The van der Waals surface area contributed by atoms with Crippen LogP contribution in [0.15, 0.2) is 0 Å². The van der Waals surface area contributed by atoms with Gasteiger partial charge in [-0.05, 0) is 19.3 Å². The van der Waals surface area contributed by atoms with E-state index in [0.29, 0.717) is 0 Å². The zero-order valence-electron chi connectivity index (χ0n) is 19.3. The molecule has 1 aromatic rings. The zero-order chi connectivity index (χ0) is 20.3. The summed E-state index contributed by atoms with van der Waals surface area (Å²) < 4.78 is 0. The first-order valence-electron chi connectivity index (χ1n) is 12.5. The molecule has 0 atom stereocenters. The van der Waals surface area contributed by atoms with Crippen LogP contribution in [0.1, 0.15) is 141 Å². The first kappa shape index (κ1) is 25.0. The summed E-state index contributed by atoms with van der Waals surface area (Å²) in [5.41, 5.74) is 0. The van der Waals surface area contributed by atoms with E-state index in [1.54, 1.807) is 0 Å². The van der Waals surface area contributed by atoms with Gasteiger partial charge in [0.2, 0.25) is 0 Å². The fraction of sp³-hybridized carbons (Fsp3) is 0.880. The van der Waals surface area contributed by atoms with Gasteiger partial charge < -0.3 is 0 Å². The number of nitrogens with zero attached hydrogens (tertiary/aromatic N) is 3. The number of hydrogen-bond acceptors (Lipinski definition) is 3. The molecule has 0 bridgehead atoms. The maximum Gasteiger partial charge on any atom is 0.132 e. The highest BCUT2D eigenvalue weighted by Crippen LogP contribution is 2.12. The van der Waals surface area contributed by atoms with Gasteiger partial charge in [-0.25, -0.2) is 15.0 Å². The van der Waals surface area contributed by atoms with E-state index in [1.807, 2.05) is 0 Å². The van der Waals surface area contributed by atoms with Crippen molar-refractivity contribution >= 4 is 0 Å². The Balaban J connectivity index is 2.39. The lowest BCUT2D eigenvalue weighted by Crippen LogP contribution is -2.08. The smallest absolute Gasteiger partial charge is 0.132 e. The standard InChI is InChI=1S/C25H47N3/c1-4-7-10-12-14-16-18-21-24-26-23(20-9-6-3)27-25(28-24)22-19-17-15-13-11-8-5-2/h4-22H2,1-3H3. The lowest BCUT2D eigenvalue weighted by Gasteiger charge is -2.08. The minimum atomic E-state index is 1.01. The van der Waals surface area contributed by atoms with E-state index >= 15 is 0 Å². The van der Waals surface area contributed by atoms with Crippen LogP contribution in [0.5, 0.6) is 0 Å². The van der Waals surface area contributed by atoms with Crippen molar-refractivity contribution in [2.24, 2.45) is 0 Å². The SMILES string of the molecule is CCCCCCCCCc1nc(CCCC)nc(CCCCCCCCC)n1. The van der Waals surface area contributed by atoms with Crippen molar-refractivity contribution in [1.82, 2.24) is 15.0 Å². The van der Waals surface area contributed by atoms with Crippen LogP contribution in [-0.2, 0) is 19.3 Å². The summed E-state index contributed by atoms with van der Waals surface area (Å²) in [6.07, 6.45) is 24.2. The Kier molecular flexibility index (Phi) is 16.2. The molecule has 0 aliphatic carbocycles. The van der Waals surface area contributed by atoms with Gasteiger partial charge in [0.25, 0.3) is 0 Å². The first-order valence-corrected chi connectivity index (χ1v) is 12.5. The lowest BCUT2D eigenvalue weighted by atomic mass is 10.1. The number of hydrogen-bond donors (Lipinski definition) is 0. The zero-order valence-corrected chi connectivity index (χ0v) is 19.3. The van der Waals surface area contributed by atoms with Gasteiger partial charge in [0.15, 0.2) is 0 Å². The van der Waals surface area contributed by atoms with Gasteiger partial charge >= 0.3 is 0 Å². The Morgan fingerprint density at radius 1 is 0.357 bits per heavy atom. The lowest BCUT2D eigenvalue weighted by molar-refractivity contribution is 0.572. The Morgan fingerprint density at radius 3 is 1.00 bits per heavy atom. The van der Waals surface area contributed by atoms with Crippen LogP contribution >= 0.6 is 0 Å². The summed E-state index contributed by atoms with van der Waals surface area (Å²) in [6.45, 7) is 6.79. The molecule has 162 valence electrons. The third-order valence-corrected chi connectivity index (χ3v) is 5.54. The molecule has 1 heterocycles. The van der Waals surface area contributed by atoms with E-state index in [-0.39, 0.29) is 0 Å². The second-order valence-electron chi connectivity index (χ2n) is 8.43. The fourth-order valence-corrected chi connectivity index (χ4v) is 3.67. The molecule has 1 rings (SSSR count). The van der Waals surface area contributed by atoms with Crippen LogP contribution < -0.4 is 0 Å². The van der Waals surface area contributed by atoms with Gasteiger partial charge in [-0.15, -0.1) is 0 Å². The number of rotatable bonds is 19. The third kappa shape index (κ3) is 13.2. The van der Waals surface area contributed by atoms with Crippen molar-refractivity contribution in [1.29, 1.82) is 0 Å². The maximum atomic E-state index is 4.81. The molecule has 0 N–H and O–H groups in total. The quantitative estimate of drug-likeness (QED) is 0.226. The monoisotopic (exact) mass is 389 g/mol. The van der Waals surface area contributed by atoms with Crippen molar-refractivity contribution in [3.63, 3.8) is 0 Å². The summed E-state index contributed by atoms with van der Waals surface area (Å²) in [6, 6.07) is 0. The van der Waals surface area contributed by atoms with Crippen molar-refractivity contribution in [2.45, 2.75) is 143 Å². The number of unbranched alkanes of at least 4 members (excludes halogenated alkanes) is 13. The molecule has 0 saturated carbocycles. The van der Waals surface area contributed by atoms with Crippen molar-refractivity contribution in [3.8, 4) is 0 Å². The Morgan fingerprint density at radius 2 is 0.643 bits per heavy atom. The van der Waals surface area contributed by atoms with E-state index in [9.17, 15) is 0 Å². The molecule has 0 aliphatic rings. The largest absolute Gasteiger partial charge is 0.218 e. The second kappa shape index (κ2) is 18.1. The third-order valence-electron chi connectivity index (χ3n) is 5.54. The second-order valence-corrected chi connectivity index (χ2v) is 8.43. The minimum Gasteiger partial charge on any atom is -0.218 e. The molecule has 3 nitrogen and oxygen atoms in total. The molecule has 0 saturated heterocycles. The highest BCUT2D eigenvalue weighted by Gasteiger charge is 2.07. The van der Waals surface area contributed by atoms with Crippen molar-refractivity contribution in [2.75, 3.05) is 0 Å². The molecule has 0 aromatic carbocycles. The van der Waals surface area contributed by atoms with Crippen molar-refractivity contribution in [3.05, 3.63) is 17.5 Å². The van der Waals surface area contributed by atoms with Gasteiger partial charge in [0.05, 0.1) is 0 Å². The summed E-state index contributed by atoms with van der Waals surface area (Å²) in [5.74, 6) is 3.13. The molecular formula is C25H47N3. The van der Waals surface area contributed by atoms with Gasteiger partial charge in [0, 0.05) is 19.3 Å². The summed E-state index contributed by atoms with van der Waals surface area (Å²) in [7, 11) is 0. The van der Waals surface area contributed by atoms with Crippen LogP contribution in [0, 0.1) is 0 Å². The Bertz CT molecular complexity index is 437. The highest BCUT2D eigenvalue weighted by molar-refractivity contribution is 4.98. The van der Waals surface area contributed by atoms with E-state index in [2.05, 4.69) is 20.8 Å². The van der Waals surface area contributed by atoms with E-state index in [1.165, 1.54) is 103 Å². The van der Waals surface area contributed by atoms with Gasteiger partial charge in [-0.3, -0.25) is 0 Å². The molecule has 1 aromatic heterocycles. The van der Waals surface area contributed by atoms with Gasteiger partial charge in [-0.1, -0.05) is 104 Å². The molecule has 0 radical (unpaired) electrons. The topological polar surface area (TPSA) is 38.7 Å². The maximum absolute atomic E-state index is 4.81. The molecule has 0 spiro atoms. The average Bonchev–Trinajstić information content (AvgIpc) is 2.71. The van der Waals surface area contributed by atoms with E-state index < -0.39 is 0 Å². The minimum absolute atomic E-state index is 1.01. The highest BCUT2D eigenvalue weighted by atomic mass is 15.0. The summed E-state index contributed by atoms with van der Waals surface area (Å²) >= 11 is 0. The van der Waals surface area contributed by atoms with Crippen molar-refractivity contribution < 1.29 is 0 Å². The van der Waals surface area contributed by atoms with Gasteiger partial charge in [0.1, 0.15) is 17.5 Å². The number of aryl methyl sites for hydroxylation is 3. The normalized spacial score (nSPS) is 11.2. The van der Waals surface area contributed by atoms with Crippen LogP contribution in [0.2, 0.25) is 0 Å². The Labute approximate surface area is 175 Å². The Hall–Kier alpha value is -0.990. The molecule has 3 heteroatoms.